The van der Waals surface area contributed by atoms with Crippen LogP contribution in [-0.2, 0) is 6.54 Å². The van der Waals surface area contributed by atoms with E-state index in [0.29, 0.717) is 27.7 Å². The van der Waals surface area contributed by atoms with E-state index < -0.39 is 12.0 Å². The second-order valence-electron chi connectivity index (χ2n) is 5.53. The van der Waals surface area contributed by atoms with Crippen LogP contribution in [0.5, 0.6) is 5.75 Å². The molecule has 26 heavy (non-hydrogen) atoms. The van der Waals surface area contributed by atoms with E-state index in [0.717, 1.165) is 0 Å². The summed E-state index contributed by atoms with van der Waals surface area (Å²) in [5.74, 6) is 0.485. The van der Waals surface area contributed by atoms with Crippen molar-refractivity contribution in [3.8, 4) is 17.1 Å². The molecule has 0 aliphatic rings. The van der Waals surface area contributed by atoms with E-state index in [1.165, 1.54) is 4.80 Å². The molecule has 3 rings (SSSR count). The lowest BCUT2D eigenvalue weighted by molar-refractivity contribution is 0.0850. The topological polar surface area (TPSA) is 116 Å². The minimum Gasteiger partial charge on any atom is -0.491 e. The van der Waals surface area contributed by atoms with E-state index >= 15 is 0 Å². The van der Waals surface area contributed by atoms with E-state index in [2.05, 4.69) is 15.4 Å². The molecule has 1 unspecified atom stereocenters. The summed E-state index contributed by atoms with van der Waals surface area (Å²) in [5, 5.41) is 22.7. The first-order valence-corrected chi connectivity index (χ1v) is 8.13. The molecule has 8 nitrogen and oxygen atoms in total. The Bertz CT molecular complexity index is 880. The highest BCUT2D eigenvalue weighted by atomic mass is 35.5. The molecule has 1 heterocycles. The number of benzene rings is 2. The van der Waals surface area contributed by atoms with Gasteiger partial charge in [0.1, 0.15) is 18.5 Å². The largest absolute Gasteiger partial charge is 0.491 e. The number of aliphatic hydroxyl groups is 1. The second-order valence-corrected chi connectivity index (χ2v) is 5.96. The molecule has 0 aliphatic heterocycles. The van der Waals surface area contributed by atoms with Gasteiger partial charge in [0.15, 0.2) is 0 Å². The van der Waals surface area contributed by atoms with Crippen molar-refractivity contribution in [1.29, 1.82) is 0 Å². The lowest BCUT2D eigenvalue weighted by Gasteiger charge is -2.11. The molecule has 9 heteroatoms. The lowest BCUT2D eigenvalue weighted by atomic mass is 10.1. The lowest BCUT2D eigenvalue weighted by Crippen LogP contribution is -2.24. The van der Waals surface area contributed by atoms with E-state index in [1.54, 1.807) is 48.5 Å². The molecule has 2 aromatic carbocycles. The number of rotatable bonds is 7. The number of primary amides is 1. The third-order valence-electron chi connectivity index (χ3n) is 3.51. The second kappa shape index (κ2) is 7.94. The zero-order chi connectivity index (χ0) is 18.5. The summed E-state index contributed by atoms with van der Waals surface area (Å²) in [6.45, 7) is 0.200. The normalized spacial score (nSPS) is 11.9. The van der Waals surface area contributed by atoms with Gasteiger partial charge in [-0.05, 0) is 41.6 Å². The van der Waals surface area contributed by atoms with E-state index in [4.69, 9.17) is 22.1 Å². The summed E-state index contributed by atoms with van der Waals surface area (Å²) in [6, 6.07) is 13.4. The highest BCUT2D eigenvalue weighted by molar-refractivity contribution is 6.30. The van der Waals surface area contributed by atoms with Gasteiger partial charge < -0.3 is 15.6 Å². The number of hydrogen-bond acceptors (Lipinski definition) is 6. The molecule has 1 amide bonds. The van der Waals surface area contributed by atoms with Crippen molar-refractivity contribution in [3.63, 3.8) is 0 Å². The smallest absolute Gasteiger partial charge is 0.248 e. The highest BCUT2D eigenvalue weighted by Crippen LogP contribution is 2.16. The first-order chi connectivity index (χ1) is 12.5. The van der Waals surface area contributed by atoms with Gasteiger partial charge in [-0.25, -0.2) is 0 Å². The maximum Gasteiger partial charge on any atom is 0.248 e. The van der Waals surface area contributed by atoms with Gasteiger partial charge in [-0.3, -0.25) is 4.79 Å². The minimum absolute atomic E-state index is 0.0752. The Hall–Kier alpha value is -2.97. The van der Waals surface area contributed by atoms with Crippen molar-refractivity contribution in [2.75, 3.05) is 6.61 Å². The Morgan fingerprint density at radius 2 is 1.88 bits per heavy atom. The standard InChI is InChI=1S/C17H16ClN5O3/c18-13-5-7-15(8-6-13)26-10-14(24)9-23-21-17(20-22-23)12-3-1-11(2-4-12)16(19)25/h1-8,14,24H,9-10H2,(H2,19,25). The molecule has 1 aromatic heterocycles. The van der Waals surface area contributed by atoms with Crippen LogP contribution in [0, 0.1) is 0 Å². The maximum absolute atomic E-state index is 11.1. The molecule has 134 valence electrons. The van der Waals surface area contributed by atoms with Gasteiger partial charge in [0.2, 0.25) is 11.7 Å². The molecule has 0 bridgehead atoms. The van der Waals surface area contributed by atoms with Crippen LogP contribution in [0.15, 0.2) is 48.5 Å². The number of aliphatic hydroxyl groups excluding tert-OH is 1. The Labute approximate surface area is 154 Å². The quantitative estimate of drug-likeness (QED) is 0.648. The summed E-state index contributed by atoms with van der Waals surface area (Å²) in [4.78, 5) is 12.4. The fourth-order valence-corrected chi connectivity index (χ4v) is 2.31. The first-order valence-electron chi connectivity index (χ1n) is 7.76. The molecule has 0 saturated carbocycles. The molecule has 3 N–H and O–H groups in total. The molecular formula is C17H16ClN5O3. The van der Waals surface area contributed by atoms with Gasteiger partial charge in [0.25, 0.3) is 0 Å². The van der Waals surface area contributed by atoms with Gasteiger partial charge in [0.05, 0.1) is 6.54 Å². The Morgan fingerprint density at radius 1 is 1.19 bits per heavy atom. The summed E-state index contributed by atoms with van der Waals surface area (Å²) >= 11 is 5.80. The maximum atomic E-state index is 11.1. The van der Waals surface area contributed by atoms with E-state index in [1.807, 2.05) is 0 Å². The first kappa shape index (κ1) is 17.8. The SMILES string of the molecule is NC(=O)c1ccc(-c2nnn(CC(O)COc3ccc(Cl)cc3)n2)cc1. The number of halogens is 1. The third-order valence-corrected chi connectivity index (χ3v) is 3.76. The fraction of sp³-hybridized carbons (Fsp3) is 0.176. The van der Waals surface area contributed by atoms with Crippen LogP contribution in [-0.4, -0.2) is 43.9 Å². The summed E-state index contributed by atoms with van der Waals surface area (Å²) in [5.41, 5.74) is 6.29. The van der Waals surface area contributed by atoms with Crippen LogP contribution >= 0.6 is 11.6 Å². The van der Waals surface area contributed by atoms with Gasteiger partial charge in [-0.1, -0.05) is 23.7 Å². The third kappa shape index (κ3) is 4.56. The van der Waals surface area contributed by atoms with Crippen molar-refractivity contribution >= 4 is 17.5 Å². The average Bonchev–Trinajstić information content (AvgIpc) is 3.10. The predicted molar refractivity (Wildman–Crippen MR) is 94.7 cm³/mol. The van der Waals surface area contributed by atoms with Crippen molar-refractivity contribution in [2.24, 2.45) is 5.73 Å². The molecule has 3 aromatic rings. The molecule has 1 atom stereocenters. The highest BCUT2D eigenvalue weighted by Gasteiger charge is 2.12. The molecule has 0 aliphatic carbocycles. The van der Waals surface area contributed by atoms with E-state index in [9.17, 15) is 9.90 Å². The summed E-state index contributed by atoms with van der Waals surface area (Å²) in [6.07, 6.45) is -0.815. The zero-order valence-corrected chi connectivity index (χ0v) is 14.4. The monoisotopic (exact) mass is 373 g/mol. The predicted octanol–water partition coefficient (Wildman–Crippen LogP) is 1.53. The van der Waals surface area contributed by atoms with E-state index in [-0.39, 0.29) is 13.2 Å². The van der Waals surface area contributed by atoms with Crippen LogP contribution in [0.1, 0.15) is 10.4 Å². The van der Waals surface area contributed by atoms with Crippen LogP contribution in [0.4, 0.5) is 0 Å². The Kier molecular flexibility index (Phi) is 5.45. The number of carbonyl (C=O) groups excluding carboxylic acids is 1. The molecule has 0 spiro atoms. The van der Waals surface area contributed by atoms with Crippen LogP contribution in [0.2, 0.25) is 5.02 Å². The Balaban J connectivity index is 1.57. The van der Waals surface area contributed by atoms with Crippen molar-refractivity contribution < 1.29 is 14.6 Å². The van der Waals surface area contributed by atoms with Crippen LogP contribution < -0.4 is 10.5 Å². The van der Waals surface area contributed by atoms with Crippen molar-refractivity contribution in [2.45, 2.75) is 12.6 Å². The average molecular weight is 374 g/mol. The van der Waals surface area contributed by atoms with Gasteiger partial charge in [0, 0.05) is 16.1 Å². The van der Waals surface area contributed by atoms with Crippen LogP contribution in [0.25, 0.3) is 11.4 Å². The fourth-order valence-electron chi connectivity index (χ4n) is 2.18. The number of ether oxygens (including phenoxy) is 1. The Morgan fingerprint density at radius 3 is 2.54 bits per heavy atom. The number of amides is 1. The number of nitrogens with zero attached hydrogens (tertiary/aromatic N) is 4. The molecule has 0 fully saturated rings. The molecule has 0 saturated heterocycles. The molecular weight excluding hydrogens is 358 g/mol. The van der Waals surface area contributed by atoms with Crippen LogP contribution in [0.3, 0.4) is 0 Å². The van der Waals surface area contributed by atoms with Gasteiger partial charge >= 0.3 is 0 Å². The number of hydrogen-bond donors (Lipinski definition) is 2. The minimum atomic E-state index is -0.815. The molecule has 0 radical (unpaired) electrons. The van der Waals surface area contributed by atoms with Gasteiger partial charge in [-0.15, -0.1) is 10.2 Å². The number of tetrazole rings is 1. The van der Waals surface area contributed by atoms with Crippen molar-refractivity contribution in [1.82, 2.24) is 20.2 Å². The number of carbonyl (C=O) groups is 1. The zero-order valence-electron chi connectivity index (χ0n) is 13.6. The number of aromatic nitrogens is 4. The summed E-state index contributed by atoms with van der Waals surface area (Å²) in [7, 11) is 0. The van der Waals surface area contributed by atoms with Crippen molar-refractivity contribution in [3.05, 3.63) is 59.1 Å². The van der Waals surface area contributed by atoms with Gasteiger partial charge in [-0.2, -0.15) is 4.80 Å². The number of nitrogens with two attached hydrogens (primary N) is 1. The summed E-state index contributed by atoms with van der Waals surface area (Å²) < 4.78 is 5.48.